The molecule has 0 unspecified atom stereocenters. The molecule has 4 aromatic rings. The second-order valence-electron chi connectivity index (χ2n) is 8.23. The van der Waals surface area contributed by atoms with Gasteiger partial charge in [0.25, 0.3) is 11.5 Å². The van der Waals surface area contributed by atoms with Crippen LogP contribution >= 0.6 is 0 Å². The highest BCUT2D eigenvalue weighted by Gasteiger charge is 2.13. The highest BCUT2D eigenvalue weighted by molar-refractivity contribution is 5.93. The Morgan fingerprint density at radius 1 is 1.08 bits per heavy atom. The zero-order valence-corrected chi connectivity index (χ0v) is 19.5. The molecule has 0 fully saturated rings. The summed E-state index contributed by atoms with van der Waals surface area (Å²) in [6.45, 7) is 3.95. The Kier molecular flexibility index (Phi) is 7.30. The van der Waals surface area contributed by atoms with Crippen LogP contribution in [0.15, 0.2) is 59.9 Å². The summed E-state index contributed by atoms with van der Waals surface area (Å²) in [4.78, 5) is 38.0. The van der Waals surface area contributed by atoms with E-state index in [0.717, 1.165) is 28.4 Å². The van der Waals surface area contributed by atoms with E-state index in [1.54, 1.807) is 18.3 Å². The second-order valence-corrected chi connectivity index (χ2v) is 8.23. The molecule has 10 heteroatoms. The molecule has 0 atom stereocenters. The van der Waals surface area contributed by atoms with E-state index in [0.29, 0.717) is 22.5 Å². The lowest BCUT2D eigenvalue weighted by Crippen LogP contribution is -2.33. The molecule has 0 aliphatic rings. The van der Waals surface area contributed by atoms with Gasteiger partial charge in [-0.3, -0.25) is 19.1 Å². The van der Waals surface area contributed by atoms with Crippen LogP contribution in [0.2, 0.25) is 0 Å². The van der Waals surface area contributed by atoms with Crippen LogP contribution in [0.5, 0.6) is 0 Å². The quantitative estimate of drug-likeness (QED) is 0.405. The maximum absolute atomic E-state index is 13.5. The number of rotatable bonds is 6. The van der Waals surface area contributed by atoms with Crippen molar-refractivity contribution in [1.82, 2.24) is 24.8 Å². The van der Waals surface area contributed by atoms with Crippen molar-refractivity contribution < 1.29 is 13.6 Å². The molecule has 0 aliphatic heterocycles. The number of aromatic nitrogens is 4. The van der Waals surface area contributed by atoms with Gasteiger partial charge in [0.05, 0.1) is 36.6 Å². The lowest BCUT2D eigenvalue weighted by molar-refractivity contribution is 0.0956. The van der Waals surface area contributed by atoms with Crippen molar-refractivity contribution in [3.05, 3.63) is 93.8 Å². The van der Waals surface area contributed by atoms with Gasteiger partial charge in [0.15, 0.2) is 11.6 Å². The van der Waals surface area contributed by atoms with Crippen molar-refractivity contribution >= 4 is 22.8 Å². The van der Waals surface area contributed by atoms with E-state index < -0.39 is 23.1 Å². The zero-order valence-electron chi connectivity index (χ0n) is 19.5. The highest BCUT2D eigenvalue weighted by Crippen LogP contribution is 2.14. The number of benzene rings is 2. The monoisotopic (exact) mass is 488 g/mol. The standard InChI is InChI=1S/C26H22F2N6O2/c1-16(2)32-24-13-31-22-8-6-17(11-23(22)33-24)4-3-9-30-25(35)19-12-29-15-34(26(19)36)14-18-5-7-20(27)21(28)10-18/h5-8,10-13,15-16H,9,14H2,1-2H3,(H,30,35)(H,32,33). The van der Waals surface area contributed by atoms with Crippen LogP contribution in [-0.2, 0) is 6.54 Å². The second kappa shape index (κ2) is 10.7. The molecular formula is C26H22F2N6O2. The molecule has 1 amide bonds. The molecule has 36 heavy (non-hydrogen) atoms. The molecule has 2 aromatic heterocycles. The summed E-state index contributed by atoms with van der Waals surface area (Å²) >= 11 is 0. The molecule has 0 radical (unpaired) electrons. The number of fused-ring (bicyclic) bond motifs is 1. The summed E-state index contributed by atoms with van der Waals surface area (Å²) in [5, 5.41) is 5.77. The molecule has 182 valence electrons. The van der Waals surface area contributed by atoms with Crippen molar-refractivity contribution in [2.24, 2.45) is 0 Å². The van der Waals surface area contributed by atoms with Gasteiger partial charge >= 0.3 is 0 Å². The van der Waals surface area contributed by atoms with Crippen molar-refractivity contribution in [2.75, 3.05) is 11.9 Å². The van der Waals surface area contributed by atoms with Gasteiger partial charge in [-0.25, -0.2) is 18.7 Å². The molecule has 0 spiro atoms. The van der Waals surface area contributed by atoms with Gasteiger partial charge in [0.2, 0.25) is 0 Å². The van der Waals surface area contributed by atoms with E-state index >= 15 is 0 Å². The van der Waals surface area contributed by atoms with Gasteiger partial charge in [-0.1, -0.05) is 17.9 Å². The molecule has 0 aliphatic carbocycles. The number of nitrogens with zero attached hydrogens (tertiary/aromatic N) is 4. The molecule has 4 rings (SSSR count). The molecule has 2 N–H and O–H groups in total. The first-order valence-corrected chi connectivity index (χ1v) is 11.1. The Morgan fingerprint density at radius 2 is 1.92 bits per heavy atom. The number of hydrogen-bond acceptors (Lipinski definition) is 6. The Bertz CT molecular complexity index is 1560. The Labute approximate surface area is 205 Å². The van der Waals surface area contributed by atoms with E-state index in [1.807, 2.05) is 19.9 Å². The van der Waals surface area contributed by atoms with Crippen LogP contribution in [-0.4, -0.2) is 38.0 Å². The highest BCUT2D eigenvalue weighted by atomic mass is 19.2. The van der Waals surface area contributed by atoms with Gasteiger partial charge < -0.3 is 10.6 Å². The molecule has 2 aromatic carbocycles. The Balaban J connectivity index is 1.42. The molecule has 8 nitrogen and oxygen atoms in total. The average Bonchev–Trinajstić information content (AvgIpc) is 2.84. The van der Waals surface area contributed by atoms with Crippen LogP contribution in [0.4, 0.5) is 14.6 Å². The fraction of sp³-hybridized carbons (Fsp3) is 0.192. The largest absolute Gasteiger partial charge is 0.367 e. The Morgan fingerprint density at radius 3 is 2.69 bits per heavy atom. The third-order valence-corrected chi connectivity index (χ3v) is 5.03. The zero-order chi connectivity index (χ0) is 25.7. The lowest BCUT2D eigenvalue weighted by atomic mass is 10.2. The molecule has 0 saturated heterocycles. The summed E-state index contributed by atoms with van der Waals surface area (Å²) in [5.41, 5.74) is 1.68. The molecule has 2 heterocycles. The SMILES string of the molecule is CC(C)Nc1cnc2ccc(C#CCNC(=O)c3cncn(Cc4ccc(F)c(F)c4)c3=O)cc2n1. The topological polar surface area (TPSA) is 102 Å². The number of anilines is 1. The first kappa shape index (κ1) is 24.5. The maximum atomic E-state index is 13.5. The summed E-state index contributed by atoms with van der Waals surface area (Å²) in [6.07, 6.45) is 4.05. The van der Waals surface area contributed by atoms with Crippen LogP contribution in [0.3, 0.4) is 0 Å². The lowest BCUT2D eigenvalue weighted by Gasteiger charge is -2.09. The average molecular weight is 488 g/mol. The number of amides is 1. The normalized spacial score (nSPS) is 10.7. The van der Waals surface area contributed by atoms with Gasteiger partial charge in [0.1, 0.15) is 11.4 Å². The minimum absolute atomic E-state index is 0.00496. The number of hydrogen-bond donors (Lipinski definition) is 2. The maximum Gasteiger partial charge on any atom is 0.266 e. The smallest absolute Gasteiger partial charge is 0.266 e. The minimum atomic E-state index is -1.02. The van der Waals surface area contributed by atoms with Gasteiger partial charge in [-0.05, 0) is 49.7 Å². The number of halogens is 2. The van der Waals surface area contributed by atoms with E-state index in [1.165, 1.54) is 12.4 Å². The third kappa shape index (κ3) is 5.88. The van der Waals surface area contributed by atoms with Crippen molar-refractivity contribution in [2.45, 2.75) is 26.4 Å². The Hall–Kier alpha value is -4.65. The van der Waals surface area contributed by atoms with Crippen LogP contribution in [0.25, 0.3) is 11.0 Å². The first-order valence-electron chi connectivity index (χ1n) is 11.1. The van der Waals surface area contributed by atoms with Gasteiger partial charge in [-0.15, -0.1) is 0 Å². The van der Waals surface area contributed by atoms with E-state index in [-0.39, 0.29) is 24.7 Å². The van der Waals surface area contributed by atoms with Crippen molar-refractivity contribution in [3.8, 4) is 11.8 Å². The predicted molar refractivity (Wildman–Crippen MR) is 131 cm³/mol. The van der Waals surface area contributed by atoms with Crippen LogP contribution < -0.4 is 16.2 Å². The van der Waals surface area contributed by atoms with Gasteiger partial charge in [0, 0.05) is 17.8 Å². The van der Waals surface area contributed by atoms with E-state index in [9.17, 15) is 18.4 Å². The fourth-order valence-electron chi connectivity index (χ4n) is 3.37. The summed E-state index contributed by atoms with van der Waals surface area (Å²) in [6, 6.07) is 8.97. The number of nitrogens with one attached hydrogen (secondary N) is 2. The third-order valence-electron chi connectivity index (χ3n) is 5.03. The molecule has 0 saturated carbocycles. The van der Waals surface area contributed by atoms with Crippen molar-refractivity contribution in [3.63, 3.8) is 0 Å². The number of carbonyl (C=O) groups excluding carboxylic acids is 1. The van der Waals surface area contributed by atoms with Crippen LogP contribution in [0.1, 0.15) is 35.3 Å². The van der Waals surface area contributed by atoms with Gasteiger partial charge in [-0.2, -0.15) is 0 Å². The van der Waals surface area contributed by atoms with Crippen molar-refractivity contribution in [1.29, 1.82) is 0 Å². The fourth-order valence-corrected chi connectivity index (χ4v) is 3.37. The number of carbonyl (C=O) groups is 1. The molecular weight excluding hydrogens is 466 g/mol. The predicted octanol–water partition coefficient (Wildman–Crippen LogP) is 3.11. The first-order chi connectivity index (χ1) is 17.3. The molecule has 0 bridgehead atoms. The van der Waals surface area contributed by atoms with E-state index in [4.69, 9.17) is 0 Å². The summed E-state index contributed by atoms with van der Waals surface area (Å²) in [5.74, 6) is 3.82. The van der Waals surface area contributed by atoms with Crippen LogP contribution in [0, 0.1) is 23.5 Å². The summed E-state index contributed by atoms with van der Waals surface area (Å²) < 4.78 is 27.7. The van der Waals surface area contributed by atoms with E-state index in [2.05, 4.69) is 37.4 Å². The summed E-state index contributed by atoms with van der Waals surface area (Å²) in [7, 11) is 0. The minimum Gasteiger partial charge on any atom is -0.367 e.